The fourth-order valence-electron chi connectivity index (χ4n) is 1.06. The molecule has 14 heavy (non-hydrogen) atoms. The number of aromatic nitrogens is 1. The maximum Gasteiger partial charge on any atom is 0.271 e. The summed E-state index contributed by atoms with van der Waals surface area (Å²) in [4.78, 5) is 15.1. The lowest BCUT2D eigenvalue weighted by Crippen LogP contribution is -2.16. The van der Waals surface area contributed by atoms with Crippen LogP contribution in [0.5, 0.6) is 5.75 Å². The highest BCUT2D eigenvalue weighted by Gasteiger charge is 2.25. The average molecular weight is 304 g/mol. The Hall–Kier alpha value is -0.850. The molecule has 1 aliphatic carbocycles. The molecular weight excluding hydrogens is 295 g/mol. The van der Waals surface area contributed by atoms with Crippen LogP contribution < -0.4 is 10.5 Å². The number of primary amides is 1. The van der Waals surface area contributed by atoms with Crippen molar-refractivity contribution in [2.45, 2.75) is 18.9 Å². The summed E-state index contributed by atoms with van der Waals surface area (Å²) in [5, 5.41) is 0. The van der Waals surface area contributed by atoms with Crippen molar-refractivity contribution >= 4 is 28.5 Å². The lowest BCUT2D eigenvalue weighted by atomic mass is 10.3. The summed E-state index contributed by atoms with van der Waals surface area (Å²) in [6.45, 7) is 0. The Bertz CT molecular complexity index is 377. The van der Waals surface area contributed by atoms with Crippen LogP contribution in [0, 0.1) is 3.70 Å². The summed E-state index contributed by atoms with van der Waals surface area (Å²) < 4.78 is 6.24. The summed E-state index contributed by atoms with van der Waals surface area (Å²) in [5.41, 5.74) is 5.42. The number of hydrogen-bond acceptors (Lipinski definition) is 3. The van der Waals surface area contributed by atoms with Gasteiger partial charge in [-0.15, -0.1) is 0 Å². The van der Waals surface area contributed by atoms with E-state index in [-0.39, 0.29) is 11.8 Å². The van der Waals surface area contributed by atoms with Gasteiger partial charge >= 0.3 is 0 Å². The number of nitrogens with two attached hydrogens (primary N) is 1. The van der Waals surface area contributed by atoms with Gasteiger partial charge in [0.15, 0.2) is 11.4 Å². The highest BCUT2D eigenvalue weighted by molar-refractivity contribution is 14.1. The molecule has 0 saturated heterocycles. The van der Waals surface area contributed by atoms with Crippen molar-refractivity contribution in [2.75, 3.05) is 0 Å². The summed E-state index contributed by atoms with van der Waals surface area (Å²) in [6, 6.07) is 3.54. The highest BCUT2D eigenvalue weighted by atomic mass is 127. The second kappa shape index (κ2) is 3.72. The van der Waals surface area contributed by atoms with Crippen LogP contribution in [0.15, 0.2) is 12.1 Å². The molecule has 4 nitrogen and oxygen atoms in total. The Morgan fingerprint density at radius 3 is 2.86 bits per heavy atom. The molecule has 5 heteroatoms. The minimum atomic E-state index is -0.542. The number of hydrogen-bond donors (Lipinski definition) is 1. The van der Waals surface area contributed by atoms with E-state index >= 15 is 0 Å². The Balaban J connectivity index is 2.31. The fourth-order valence-corrected chi connectivity index (χ4v) is 1.48. The van der Waals surface area contributed by atoms with Crippen molar-refractivity contribution in [3.63, 3.8) is 0 Å². The molecule has 2 N–H and O–H groups in total. The number of halogens is 1. The second-order valence-electron chi connectivity index (χ2n) is 3.16. The standard InChI is InChI=1S/C9H9IN2O2/c10-7-4-3-6(14-5-1-2-5)8(12-7)9(11)13/h3-5H,1-2H2,(H2,11,13). The second-order valence-corrected chi connectivity index (χ2v) is 4.27. The Morgan fingerprint density at radius 2 is 2.29 bits per heavy atom. The van der Waals surface area contributed by atoms with E-state index in [1.54, 1.807) is 12.1 Å². The smallest absolute Gasteiger partial charge is 0.271 e. The van der Waals surface area contributed by atoms with E-state index in [1.807, 2.05) is 22.6 Å². The zero-order chi connectivity index (χ0) is 10.1. The number of carbonyl (C=O) groups excluding carboxylic acids is 1. The van der Waals surface area contributed by atoms with Gasteiger partial charge in [-0.3, -0.25) is 4.79 Å². The number of nitrogens with zero attached hydrogens (tertiary/aromatic N) is 1. The van der Waals surface area contributed by atoms with Crippen molar-refractivity contribution in [1.29, 1.82) is 0 Å². The van der Waals surface area contributed by atoms with Gasteiger partial charge in [0, 0.05) is 0 Å². The maximum absolute atomic E-state index is 11.1. The van der Waals surface area contributed by atoms with Gasteiger partial charge in [-0.25, -0.2) is 4.98 Å². The largest absolute Gasteiger partial charge is 0.488 e. The summed E-state index contributed by atoms with van der Waals surface area (Å²) in [5.74, 6) is -0.0421. The van der Waals surface area contributed by atoms with E-state index in [0.717, 1.165) is 16.5 Å². The molecule has 1 fully saturated rings. The van der Waals surface area contributed by atoms with Crippen LogP contribution in [-0.2, 0) is 0 Å². The lowest BCUT2D eigenvalue weighted by Gasteiger charge is -2.07. The molecule has 0 aromatic carbocycles. The van der Waals surface area contributed by atoms with Crippen molar-refractivity contribution in [2.24, 2.45) is 5.73 Å². The Kier molecular flexibility index (Phi) is 2.58. The maximum atomic E-state index is 11.1. The topological polar surface area (TPSA) is 65.2 Å². The van der Waals surface area contributed by atoms with Gasteiger partial charge in [0.2, 0.25) is 0 Å². The monoisotopic (exact) mass is 304 g/mol. The van der Waals surface area contributed by atoms with Gasteiger partial charge in [0.1, 0.15) is 3.70 Å². The molecule has 1 aliphatic rings. The van der Waals surface area contributed by atoms with Crippen LogP contribution in [-0.4, -0.2) is 17.0 Å². The third-order valence-corrected chi connectivity index (χ3v) is 2.48. The van der Waals surface area contributed by atoms with Crippen LogP contribution in [0.25, 0.3) is 0 Å². The minimum absolute atomic E-state index is 0.226. The fraction of sp³-hybridized carbons (Fsp3) is 0.333. The van der Waals surface area contributed by atoms with E-state index in [9.17, 15) is 4.79 Å². The first-order chi connectivity index (χ1) is 6.66. The quantitative estimate of drug-likeness (QED) is 0.677. The molecule has 1 amide bonds. The van der Waals surface area contributed by atoms with Crippen molar-refractivity contribution in [3.05, 3.63) is 21.5 Å². The Labute approximate surface area is 95.0 Å². The Morgan fingerprint density at radius 1 is 1.57 bits per heavy atom. The molecule has 2 rings (SSSR count). The molecule has 0 radical (unpaired) electrons. The molecule has 74 valence electrons. The molecule has 0 atom stereocenters. The SMILES string of the molecule is NC(=O)c1nc(I)ccc1OC1CC1. The first-order valence-electron chi connectivity index (χ1n) is 4.30. The van der Waals surface area contributed by atoms with E-state index in [2.05, 4.69) is 4.98 Å². The lowest BCUT2D eigenvalue weighted by molar-refractivity contribution is 0.0990. The predicted molar refractivity (Wildman–Crippen MR) is 59.1 cm³/mol. The van der Waals surface area contributed by atoms with Crippen LogP contribution in [0.4, 0.5) is 0 Å². The van der Waals surface area contributed by atoms with Crippen molar-refractivity contribution < 1.29 is 9.53 Å². The third-order valence-electron chi connectivity index (χ3n) is 1.88. The first-order valence-corrected chi connectivity index (χ1v) is 5.37. The van der Waals surface area contributed by atoms with E-state index in [0.29, 0.717) is 5.75 Å². The van der Waals surface area contributed by atoms with Crippen LogP contribution in [0.1, 0.15) is 23.3 Å². The minimum Gasteiger partial charge on any atom is -0.488 e. The van der Waals surface area contributed by atoms with E-state index < -0.39 is 5.91 Å². The number of amides is 1. The molecule has 1 heterocycles. The molecule has 1 aromatic rings. The highest BCUT2D eigenvalue weighted by Crippen LogP contribution is 2.28. The normalized spacial score (nSPS) is 15.2. The van der Waals surface area contributed by atoms with Crippen LogP contribution in [0.3, 0.4) is 0 Å². The molecule has 0 unspecified atom stereocenters. The molecule has 0 bridgehead atoms. The van der Waals surface area contributed by atoms with Crippen molar-refractivity contribution in [1.82, 2.24) is 4.98 Å². The summed E-state index contributed by atoms with van der Waals surface area (Å²) in [6.07, 6.45) is 2.34. The molecule has 0 spiro atoms. The zero-order valence-corrected chi connectivity index (χ0v) is 9.52. The number of carbonyl (C=O) groups is 1. The molecule has 0 aliphatic heterocycles. The summed E-state index contributed by atoms with van der Waals surface area (Å²) >= 11 is 2.03. The predicted octanol–water partition coefficient (Wildman–Crippen LogP) is 1.33. The number of pyridine rings is 1. The van der Waals surface area contributed by atoms with Crippen LogP contribution >= 0.6 is 22.6 Å². The zero-order valence-electron chi connectivity index (χ0n) is 7.37. The van der Waals surface area contributed by atoms with Gasteiger partial charge in [0.05, 0.1) is 6.10 Å². The average Bonchev–Trinajstić information content (AvgIpc) is 2.91. The van der Waals surface area contributed by atoms with Gasteiger partial charge in [-0.1, -0.05) is 0 Å². The van der Waals surface area contributed by atoms with Gasteiger partial charge in [-0.2, -0.15) is 0 Å². The first kappa shape index (κ1) is 9.70. The molecular formula is C9H9IN2O2. The number of rotatable bonds is 3. The van der Waals surface area contributed by atoms with Gasteiger partial charge in [0.25, 0.3) is 5.91 Å². The number of ether oxygens (including phenoxy) is 1. The van der Waals surface area contributed by atoms with E-state index in [4.69, 9.17) is 10.5 Å². The van der Waals surface area contributed by atoms with Gasteiger partial charge < -0.3 is 10.5 Å². The molecule has 1 saturated carbocycles. The summed E-state index contributed by atoms with van der Waals surface area (Å²) in [7, 11) is 0. The third kappa shape index (κ3) is 2.14. The van der Waals surface area contributed by atoms with E-state index in [1.165, 1.54) is 0 Å². The van der Waals surface area contributed by atoms with Crippen molar-refractivity contribution in [3.8, 4) is 5.75 Å². The molecule has 1 aromatic heterocycles. The van der Waals surface area contributed by atoms with Crippen LogP contribution in [0.2, 0.25) is 0 Å². The van der Waals surface area contributed by atoms with Gasteiger partial charge in [-0.05, 0) is 47.6 Å².